The van der Waals surface area contributed by atoms with E-state index in [0.29, 0.717) is 5.75 Å². The molecule has 0 aliphatic carbocycles. The maximum atomic E-state index is 7.11. The van der Waals surface area contributed by atoms with Crippen LogP contribution in [0.15, 0.2) is 168 Å². The van der Waals surface area contributed by atoms with Crippen LogP contribution < -0.4 is 4.74 Å². The van der Waals surface area contributed by atoms with Crippen molar-refractivity contribution in [2.24, 2.45) is 0 Å². The summed E-state index contributed by atoms with van der Waals surface area (Å²) in [5.74, 6) is 1.45. The van der Waals surface area contributed by atoms with Crippen molar-refractivity contribution >= 4 is 21.9 Å². The van der Waals surface area contributed by atoms with Gasteiger partial charge in [0, 0.05) is 34.3 Å². The van der Waals surface area contributed by atoms with Crippen LogP contribution >= 0.6 is 0 Å². The van der Waals surface area contributed by atoms with E-state index in [2.05, 4.69) is 200 Å². The largest absolute Gasteiger partial charge is 0.457 e. The maximum absolute atomic E-state index is 7.11. The molecule has 306 valence electrons. The number of benzene rings is 7. The summed E-state index contributed by atoms with van der Waals surface area (Å²) in [6.07, 6.45) is 3.92. The molecule has 0 saturated carbocycles. The molecular weight excluding hydrogens is 769 g/mol. The summed E-state index contributed by atoms with van der Waals surface area (Å²) in [6, 6.07) is 54.1. The summed E-state index contributed by atoms with van der Waals surface area (Å²) in [6.45, 7) is 14.9. The van der Waals surface area contributed by atoms with Gasteiger partial charge < -0.3 is 9.15 Å². The van der Waals surface area contributed by atoms with Crippen LogP contribution in [0.3, 0.4) is 0 Å². The van der Waals surface area contributed by atoms with E-state index in [1.165, 1.54) is 38.9 Å². The van der Waals surface area contributed by atoms with E-state index in [0.717, 1.165) is 94.7 Å². The van der Waals surface area contributed by atoms with E-state index >= 15 is 0 Å². The fourth-order valence-corrected chi connectivity index (χ4v) is 8.76. The van der Waals surface area contributed by atoms with Gasteiger partial charge in [0.05, 0.1) is 11.4 Å². The van der Waals surface area contributed by atoms with Gasteiger partial charge in [-0.2, -0.15) is 0 Å². The standard InChI is InChI=1S/C59H48N2O2/c1-35-13-23-49(38(4)25-35)51-32-56(61-34-40(51)6)54-31-48(30-53-50-24-14-36(2)26-58(50)63-59(53)54)62-57-29-47(55-27-37(3)39(5)33-60-55)28-52(41(57)7)46-21-19-45(20-22-46)44-17-15-43(16-18-44)42-11-9-8-10-12-42/h8-34H,1-7H3. The second-order valence-electron chi connectivity index (χ2n) is 17.1. The minimum atomic E-state index is 0.699. The zero-order valence-corrected chi connectivity index (χ0v) is 36.8. The van der Waals surface area contributed by atoms with Crippen LogP contribution in [0.5, 0.6) is 11.5 Å². The monoisotopic (exact) mass is 816 g/mol. The molecule has 0 spiro atoms. The first kappa shape index (κ1) is 39.6. The smallest absolute Gasteiger partial charge is 0.145 e. The highest BCUT2D eigenvalue weighted by Gasteiger charge is 2.20. The summed E-state index contributed by atoms with van der Waals surface area (Å²) in [4.78, 5) is 9.94. The molecule has 0 amide bonds. The highest BCUT2D eigenvalue weighted by atomic mass is 16.5. The van der Waals surface area contributed by atoms with Crippen molar-refractivity contribution in [2.45, 2.75) is 48.5 Å². The average Bonchev–Trinajstić information content (AvgIpc) is 3.66. The lowest BCUT2D eigenvalue weighted by molar-refractivity contribution is 0.480. The molecule has 63 heavy (non-hydrogen) atoms. The van der Waals surface area contributed by atoms with Crippen LogP contribution in [0.2, 0.25) is 0 Å². The summed E-state index contributed by atoms with van der Waals surface area (Å²) in [5.41, 5.74) is 22.6. The Bertz CT molecular complexity index is 3360. The molecule has 7 aromatic carbocycles. The molecule has 0 fully saturated rings. The summed E-state index contributed by atoms with van der Waals surface area (Å²) in [7, 11) is 0. The first-order chi connectivity index (χ1) is 30.6. The molecule has 4 heteroatoms. The van der Waals surface area contributed by atoms with Crippen molar-refractivity contribution in [1.82, 2.24) is 9.97 Å². The van der Waals surface area contributed by atoms with E-state index < -0.39 is 0 Å². The molecule has 0 N–H and O–H groups in total. The van der Waals surface area contributed by atoms with Gasteiger partial charge in [-0.1, -0.05) is 115 Å². The maximum Gasteiger partial charge on any atom is 0.145 e. The molecule has 0 atom stereocenters. The molecule has 0 bridgehead atoms. The van der Waals surface area contributed by atoms with Gasteiger partial charge >= 0.3 is 0 Å². The lowest BCUT2D eigenvalue weighted by Gasteiger charge is -2.17. The van der Waals surface area contributed by atoms with Gasteiger partial charge in [0.2, 0.25) is 0 Å². The lowest BCUT2D eigenvalue weighted by Crippen LogP contribution is -1.96. The van der Waals surface area contributed by atoms with Crippen molar-refractivity contribution in [1.29, 1.82) is 0 Å². The molecule has 3 heterocycles. The van der Waals surface area contributed by atoms with Crippen LogP contribution in [-0.4, -0.2) is 9.97 Å². The molecule has 0 radical (unpaired) electrons. The highest BCUT2D eigenvalue weighted by molar-refractivity contribution is 6.10. The number of furan rings is 1. The number of rotatable bonds is 8. The minimum absolute atomic E-state index is 0.699. The van der Waals surface area contributed by atoms with Crippen molar-refractivity contribution < 1.29 is 9.15 Å². The van der Waals surface area contributed by atoms with Crippen LogP contribution in [0, 0.1) is 48.5 Å². The third-order valence-corrected chi connectivity index (χ3v) is 12.5. The van der Waals surface area contributed by atoms with E-state index in [4.69, 9.17) is 19.1 Å². The molecule has 0 aliphatic rings. The number of nitrogens with zero attached hydrogens (tertiary/aromatic N) is 2. The van der Waals surface area contributed by atoms with Crippen LogP contribution in [0.25, 0.3) is 89.0 Å². The quantitative estimate of drug-likeness (QED) is 0.153. The third kappa shape index (κ3) is 7.59. The Morgan fingerprint density at radius 3 is 1.73 bits per heavy atom. The van der Waals surface area contributed by atoms with Crippen LogP contribution in [0.4, 0.5) is 0 Å². The third-order valence-electron chi connectivity index (χ3n) is 12.5. The number of aryl methyl sites for hydroxylation is 6. The Morgan fingerprint density at radius 2 is 1.03 bits per heavy atom. The van der Waals surface area contributed by atoms with E-state index in [9.17, 15) is 0 Å². The molecule has 0 aliphatic heterocycles. The Balaban J connectivity index is 1.09. The molecule has 3 aromatic heterocycles. The fourth-order valence-electron chi connectivity index (χ4n) is 8.76. The van der Waals surface area contributed by atoms with Gasteiger partial charge in [-0.3, -0.25) is 9.97 Å². The Hall–Kier alpha value is -7.56. The van der Waals surface area contributed by atoms with Gasteiger partial charge in [0.1, 0.15) is 22.7 Å². The number of pyridine rings is 2. The number of hydrogen-bond acceptors (Lipinski definition) is 4. The number of hydrogen-bond donors (Lipinski definition) is 0. The highest BCUT2D eigenvalue weighted by Crippen LogP contribution is 2.44. The van der Waals surface area contributed by atoms with Crippen LogP contribution in [-0.2, 0) is 0 Å². The zero-order chi connectivity index (χ0) is 43.4. The molecule has 0 saturated heterocycles. The van der Waals surface area contributed by atoms with E-state index in [1.54, 1.807) is 0 Å². The number of ether oxygens (including phenoxy) is 1. The fraction of sp³-hybridized carbons (Fsp3) is 0.119. The summed E-state index contributed by atoms with van der Waals surface area (Å²) >= 11 is 0. The first-order valence-electron chi connectivity index (χ1n) is 21.6. The van der Waals surface area contributed by atoms with Crippen molar-refractivity contribution in [3.63, 3.8) is 0 Å². The van der Waals surface area contributed by atoms with E-state index in [-0.39, 0.29) is 0 Å². The second-order valence-corrected chi connectivity index (χ2v) is 17.1. The molecule has 4 nitrogen and oxygen atoms in total. The Kier molecular flexibility index (Phi) is 10.1. The number of fused-ring (bicyclic) bond motifs is 3. The molecule has 10 aromatic rings. The molecule has 10 rings (SSSR count). The van der Waals surface area contributed by atoms with Crippen molar-refractivity contribution in [3.05, 3.63) is 203 Å². The predicted octanol–water partition coefficient (Wildman–Crippen LogP) is 16.3. The lowest BCUT2D eigenvalue weighted by atomic mass is 9.93. The molecular formula is C59H48N2O2. The van der Waals surface area contributed by atoms with Crippen molar-refractivity contribution in [2.75, 3.05) is 0 Å². The summed E-state index contributed by atoms with van der Waals surface area (Å²) in [5, 5.41) is 2.01. The summed E-state index contributed by atoms with van der Waals surface area (Å²) < 4.78 is 13.8. The van der Waals surface area contributed by atoms with Crippen molar-refractivity contribution in [3.8, 4) is 78.5 Å². The van der Waals surface area contributed by atoms with Gasteiger partial charge in [-0.15, -0.1) is 0 Å². The number of aromatic nitrogens is 2. The van der Waals surface area contributed by atoms with E-state index in [1.807, 2.05) is 12.4 Å². The Morgan fingerprint density at radius 1 is 0.397 bits per heavy atom. The predicted molar refractivity (Wildman–Crippen MR) is 262 cm³/mol. The Labute approximate surface area is 369 Å². The first-order valence-corrected chi connectivity index (χ1v) is 21.6. The second kappa shape index (κ2) is 16.0. The minimum Gasteiger partial charge on any atom is -0.457 e. The van der Waals surface area contributed by atoms with Gasteiger partial charge in [-0.25, -0.2) is 0 Å². The van der Waals surface area contributed by atoms with Crippen LogP contribution in [0.1, 0.15) is 38.9 Å². The zero-order valence-electron chi connectivity index (χ0n) is 36.8. The normalized spacial score (nSPS) is 11.4. The van der Waals surface area contributed by atoms with Gasteiger partial charge in [0.15, 0.2) is 0 Å². The molecule has 0 unspecified atom stereocenters. The van der Waals surface area contributed by atoms with Gasteiger partial charge in [-0.05, 0) is 169 Å². The average molecular weight is 817 g/mol. The topological polar surface area (TPSA) is 48.2 Å². The van der Waals surface area contributed by atoms with Gasteiger partial charge in [0.25, 0.3) is 0 Å². The SMILES string of the molecule is Cc1ccc(-c2cc(-c3cc(Oc4cc(-c5cc(C)c(C)cn5)cc(-c5ccc(-c6ccc(-c7ccccc7)cc6)cc5)c4C)cc4c3oc3cc(C)ccc34)ncc2C)c(C)c1.